The van der Waals surface area contributed by atoms with Crippen LogP contribution in [0.3, 0.4) is 0 Å². The molecule has 7 N–H and O–H groups in total. The van der Waals surface area contributed by atoms with Crippen LogP contribution >= 0.6 is 0 Å². The summed E-state index contributed by atoms with van der Waals surface area (Å²) in [6, 6.07) is 0. The van der Waals surface area contributed by atoms with Crippen LogP contribution in [-0.4, -0.2) is 79.2 Å². The van der Waals surface area contributed by atoms with Gasteiger partial charge >= 0.3 is 18.2 Å². The van der Waals surface area contributed by atoms with Gasteiger partial charge in [-0.3, -0.25) is 24.1 Å². The standard InChI is InChI=1S/C11H18N2O4.C7H13NO5.C6H10N2O2/c1-5-6-7-12-9(14)8-16-13-10(15)17-11(2,3)4;1-7(2,3)13-6(11)8-12-4-5(9)10;1-2-3-4-8-6(9)5-10-7/h1H,6-8H2,2-4H3,(H,12,14)(H,13,15);4H2,1-3H3,(H,8,11)(H,9,10);1H,3-5,7H2,(H,8,9). The second-order valence-corrected chi connectivity index (χ2v) is 9.10. The molecule has 0 aliphatic carbocycles. The third-order valence-electron chi connectivity index (χ3n) is 2.91. The third kappa shape index (κ3) is 38.4. The highest BCUT2D eigenvalue weighted by atomic mass is 16.7. The topological polar surface area (TPSA) is 226 Å². The minimum atomic E-state index is -1.17. The highest BCUT2D eigenvalue weighted by Gasteiger charge is 2.17. The Balaban J connectivity index is -0.000000533. The van der Waals surface area contributed by atoms with Gasteiger partial charge in [-0.25, -0.2) is 20.3 Å². The molecule has 16 nitrogen and oxygen atoms in total. The van der Waals surface area contributed by atoms with Crippen molar-refractivity contribution in [2.24, 2.45) is 5.90 Å². The minimum absolute atomic E-state index is 0.120. The molecule has 0 aromatic carbocycles. The second-order valence-electron chi connectivity index (χ2n) is 9.10. The van der Waals surface area contributed by atoms with Gasteiger partial charge in [0.25, 0.3) is 0 Å². The summed E-state index contributed by atoms with van der Waals surface area (Å²) < 4.78 is 9.64. The average Bonchev–Trinajstić information content (AvgIpc) is 2.78. The number of carbonyl (C=O) groups excluding carboxylic acids is 4. The molecule has 0 atom stereocenters. The number of hydroxylamine groups is 2. The molecule has 0 bridgehead atoms. The number of aliphatic carboxylic acids is 1. The van der Waals surface area contributed by atoms with Crippen LogP contribution < -0.4 is 27.5 Å². The van der Waals surface area contributed by atoms with E-state index in [-0.39, 0.29) is 25.0 Å². The molecule has 0 saturated carbocycles. The van der Waals surface area contributed by atoms with Crippen molar-refractivity contribution in [2.45, 2.75) is 65.6 Å². The summed E-state index contributed by atoms with van der Waals surface area (Å²) in [5, 5.41) is 13.1. The molecule has 0 aromatic rings. The van der Waals surface area contributed by atoms with Gasteiger partial charge in [-0.05, 0) is 41.5 Å². The summed E-state index contributed by atoms with van der Waals surface area (Å²) in [6.07, 6.45) is 9.36. The van der Waals surface area contributed by atoms with Gasteiger partial charge < -0.3 is 25.2 Å². The zero-order valence-electron chi connectivity index (χ0n) is 23.7. The summed E-state index contributed by atoms with van der Waals surface area (Å²) in [6.45, 7) is 10.1. The number of carboxylic acids is 1. The zero-order valence-corrected chi connectivity index (χ0v) is 23.7. The molecule has 0 saturated heterocycles. The number of carboxylic acid groups (broad SMARTS) is 1. The van der Waals surface area contributed by atoms with E-state index in [9.17, 15) is 24.0 Å². The molecule has 0 aromatic heterocycles. The molecule has 16 heteroatoms. The predicted octanol–water partition coefficient (Wildman–Crippen LogP) is 0.126. The van der Waals surface area contributed by atoms with Crippen molar-refractivity contribution >= 4 is 30.0 Å². The maximum atomic E-state index is 11.1. The van der Waals surface area contributed by atoms with Gasteiger partial charge in [0, 0.05) is 25.9 Å². The van der Waals surface area contributed by atoms with Gasteiger partial charge in [0.1, 0.15) is 17.8 Å². The number of hydrogen-bond donors (Lipinski definition) is 6. The van der Waals surface area contributed by atoms with E-state index >= 15 is 0 Å². The van der Waals surface area contributed by atoms with Crippen molar-refractivity contribution in [1.29, 1.82) is 0 Å². The van der Waals surface area contributed by atoms with Crippen LogP contribution in [0, 0.1) is 24.7 Å². The quantitative estimate of drug-likeness (QED) is 0.104. The molecule has 0 rings (SSSR count). The largest absolute Gasteiger partial charge is 0.479 e. The Labute approximate surface area is 234 Å². The Morgan fingerprint density at radius 3 is 1.43 bits per heavy atom. The van der Waals surface area contributed by atoms with Crippen molar-refractivity contribution in [1.82, 2.24) is 21.6 Å². The van der Waals surface area contributed by atoms with Gasteiger partial charge in [0.2, 0.25) is 11.8 Å². The molecular weight excluding hydrogens is 534 g/mol. The van der Waals surface area contributed by atoms with Crippen LogP contribution in [-0.2, 0) is 38.4 Å². The van der Waals surface area contributed by atoms with E-state index in [4.69, 9.17) is 27.4 Å². The van der Waals surface area contributed by atoms with E-state index in [0.29, 0.717) is 25.9 Å². The number of nitrogens with two attached hydrogens (primary N) is 1. The fourth-order valence-electron chi connectivity index (χ4n) is 1.64. The van der Waals surface area contributed by atoms with Crippen molar-refractivity contribution in [2.75, 3.05) is 32.9 Å². The molecule has 228 valence electrons. The van der Waals surface area contributed by atoms with E-state index < -0.39 is 36.0 Å². The number of amides is 4. The lowest BCUT2D eigenvalue weighted by Crippen LogP contribution is -2.36. The lowest BCUT2D eigenvalue weighted by Gasteiger charge is -2.19. The highest BCUT2D eigenvalue weighted by Crippen LogP contribution is 2.06. The highest BCUT2D eigenvalue weighted by molar-refractivity contribution is 5.77. The molecule has 0 fully saturated rings. The number of ether oxygens (including phenoxy) is 2. The Kier molecular flexibility index (Phi) is 24.2. The third-order valence-corrected chi connectivity index (χ3v) is 2.91. The Morgan fingerprint density at radius 1 is 0.725 bits per heavy atom. The molecule has 4 amide bonds. The second kappa shape index (κ2) is 24.0. The molecule has 40 heavy (non-hydrogen) atoms. The molecule has 0 unspecified atom stereocenters. The number of rotatable bonds is 12. The van der Waals surface area contributed by atoms with Crippen molar-refractivity contribution in [3.05, 3.63) is 0 Å². The zero-order chi connectivity index (χ0) is 31.6. The molecular formula is C24H41N5O11. The normalized spacial score (nSPS) is 9.93. The fourth-order valence-corrected chi connectivity index (χ4v) is 1.64. The summed E-state index contributed by atoms with van der Waals surface area (Å²) in [7, 11) is 0. The van der Waals surface area contributed by atoms with Gasteiger partial charge in [-0.15, -0.1) is 24.7 Å². The Hall–Kier alpha value is -4.09. The summed E-state index contributed by atoms with van der Waals surface area (Å²) >= 11 is 0. The average molecular weight is 576 g/mol. The Bertz CT molecular complexity index is 853. The predicted molar refractivity (Wildman–Crippen MR) is 141 cm³/mol. The number of terminal acetylenes is 2. The van der Waals surface area contributed by atoms with Crippen LogP contribution in [0.4, 0.5) is 9.59 Å². The molecule has 0 spiro atoms. The molecule has 0 heterocycles. The smallest absolute Gasteiger partial charge is 0.431 e. The molecule has 0 aliphatic rings. The van der Waals surface area contributed by atoms with E-state index in [0.717, 1.165) is 0 Å². The van der Waals surface area contributed by atoms with Crippen LogP contribution in [0.25, 0.3) is 0 Å². The first-order chi connectivity index (χ1) is 18.5. The van der Waals surface area contributed by atoms with E-state index in [1.165, 1.54) is 0 Å². The number of hydrogen-bond acceptors (Lipinski definition) is 11. The van der Waals surface area contributed by atoms with Gasteiger partial charge in [0.15, 0.2) is 13.2 Å². The Morgan fingerprint density at radius 2 is 1.10 bits per heavy atom. The summed E-state index contributed by atoms with van der Waals surface area (Å²) in [5.41, 5.74) is 2.59. The number of carbonyl (C=O) groups is 5. The van der Waals surface area contributed by atoms with E-state index in [2.05, 4.69) is 42.9 Å². The summed E-state index contributed by atoms with van der Waals surface area (Å²) in [5.74, 6) is 7.60. The van der Waals surface area contributed by atoms with Crippen LogP contribution in [0.15, 0.2) is 0 Å². The monoisotopic (exact) mass is 575 g/mol. The minimum Gasteiger partial charge on any atom is -0.479 e. The van der Waals surface area contributed by atoms with Crippen LogP contribution in [0.1, 0.15) is 54.4 Å². The maximum absolute atomic E-state index is 11.1. The lowest BCUT2D eigenvalue weighted by molar-refractivity contribution is -0.144. The number of nitrogens with one attached hydrogen (secondary N) is 4. The van der Waals surface area contributed by atoms with Crippen LogP contribution in [0.2, 0.25) is 0 Å². The van der Waals surface area contributed by atoms with Crippen molar-refractivity contribution in [3.8, 4) is 24.7 Å². The molecule has 0 aliphatic heterocycles. The van der Waals surface area contributed by atoms with Crippen LogP contribution in [0.5, 0.6) is 0 Å². The fraction of sp³-hybridized carbons (Fsp3) is 0.625. The summed E-state index contributed by atoms with van der Waals surface area (Å²) in [4.78, 5) is 66.4. The van der Waals surface area contributed by atoms with Gasteiger partial charge in [-0.2, -0.15) is 11.0 Å². The first-order valence-corrected chi connectivity index (χ1v) is 11.6. The first-order valence-electron chi connectivity index (χ1n) is 11.6. The van der Waals surface area contributed by atoms with Gasteiger partial charge in [0.05, 0.1) is 0 Å². The molecule has 0 radical (unpaired) electrons. The lowest BCUT2D eigenvalue weighted by atomic mass is 10.2. The van der Waals surface area contributed by atoms with Crippen molar-refractivity contribution in [3.63, 3.8) is 0 Å². The van der Waals surface area contributed by atoms with Crippen molar-refractivity contribution < 1.29 is 53.1 Å². The van der Waals surface area contributed by atoms with E-state index in [1.54, 1.807) is 41.5 Å². The first kappa shape index (κ1) is 40.4. The maximum Gasteiger partial charge on any atom is 0.431 e. The van der Waals surface area contributed by atoms with Gasteiger partial charge in [-0.1, -0.05) is 0 Å². The SMILES string of the molecule is C#CCCNC(=O)CON.C#CCCNC(=O)CONC(=O)OC(C)(C)C.CC(C)(C)OC(=O)NOCC(=O)O. The van der Waals surface area contributed by atoms with E-state index in [1.807, 2.05) is 11.0 Å².